The molecule has 0 radical (unpaired) electrons. The molecule has 8 unspecified atom stereocenters. The SMILES string of the molecule is CCCCCCCCC/C=C\CCCCCC(=O)OC1C(OCC(NC(=O)C(O)CCCCCCCCCCCCCCCCCC)C(O)/C=C/CCCCCCCCCCC)OC(CO)C(O)C1O. The van der Waals surface area contributed by atoms with Gasteiger partial charge in [-0.3, -0.25) is 9.59 Å². The molecule has 11 nitrogen and oxygen atoms in total. The lowest BCUT2D eigenvalue weighted by molar-refractivity contribution is -0.305. The highest BCUT2D eigenvalue weighted by Crippen LogP contribution is 2.26. The quantitative estimate of drug-likeness (QED) is 0.0195. The van der Waals surface area contributed by atoms with Gasteiger partial charge >= 0.3 is 5.97 Å². The largest absolute Gasteiger partial charge is 0.454 e. The summed E-state index contributed by atoms with van der Waals surface area (Å²) in [5.74, 6) is -1.20. The molecule has 8 atom stereocenters. The maximum Gasteiger partial charge on any atom is 0.306 e. The lowest BCUT2D eigenvalue weighted by Crippen LogP contribution is -2.61. The first-order chi connectivity index (χ1) is 34.2. The number of ether oxygens (including phenoxy) is 3. The Bertz CT molecular complexity index is 1230. The molecule has 1 fully saturated rings. The average molecular weight is 995 g/mol. The number of carbonyl (C=O) groups is 2. The van der Waals surface area contributed by atoms with Gasteiger partial charge in [0.2, 0.25) is 5.91 Å². The third-order valence-electron chi connectivity index (χ3n) is 14.1. The smallest absolute Gasteiger partial charge is 0.306 e. The van der Waals surface area contributed by atoms with E-state index in [1.807, 2.05) is 6.08 Å². The van der Waals surface area contributed by atoms with Crippen LogP contribution < -0.4 is 5.32 Å². The Hall–Kier alpha value is -1.86. The van der Waals surface area contributed by atoms with Crippen molar-refractivity contribution in [3.8, 4) is 0 Å². The number of hydrogen-bond donors (Lipinski definition) is 6. The topological polar surface area (TPSA) is 175 Å². The van der Waals surface area contributed by atoms with Crippen LogP contribution in [0.15, 0.2) is 24.3 Å². The Morgan fingerprint density at radius 3 is 1.39 bits per heavy atom. The molecule has 6 N–H and O–H groups in total. The third-order valence-corrected chi connectivity index (χ3v) is 14.1. The molecule has 0 aliphatic carbocycles. The van der Waals surface area contributed by atoms with E-state index in [2.05, 4.69) is 38.2 Å². The second-order valence-corrected chi connectivity index (χ2v) is 20.7. The van der Waals surface area contributed by atoms with Crippen molar-refractivity contribution in [1.82, 2.24) is 5.32 Å². The van der Waals surface area contributed by atoms with Crippen LogP contribution in [-0.4, -0.2) is 99.6 Å². The molecule has 0 aromatic rings. The number of aliphatic hydroxyl groups excluding tert-OH is 5. The van der Waals surface area contributed by atoms with Crippen molar-refractivity contribution in [2.24, 2.45) is 0 Å². The first kappa shape index (κ1) is 66.2. The third kappa shape index (κ3) is 36.1. The second-order valence-electron chi connectivity index (χ2n) is 20.7. The number of amides is 1. The van der Waals surface area contributed by atoms with Crippen molar-refractivity contribution >= 4 is 11.9 Å². The molecule has 11 heteroatoms. The van der Waals surface area contributed by atoms with Crippen LogP contribution in [0.25, 0.3) is 0 Å². The predicted octanol–water partition coefficient (Wildman–Crippen LogP) is 13.3. The molecule has 1 rings (SSSR count). The van der Waals surface area contributed by atoms with Crippen molar-refractivity contribution in [1.29, 1.82) is 0 Å². The number of carbonyl (C=O) groups excluding carboxylic acids is 2. The zero-order valence-electron chi connectivity index (χ0n) is 45.4. The van der Waals surface area contributed by atoms with Crippen molar-refractivity contribution in [2.75, 3.05) is 13.2 Å². The molecular weight excluding hydrogens is 883 g/mol. The highest BCUT2D eigenvalue weighted by molar-refractivity contribution is 5.80. The summed E-state index contributed by atoms with van der Waals surface area (Å²) in [6.07, 6.45) is 43.7. The van der Waals surface area contributed by atoms with Gasteiger partial charge in [-0.1, -0.05) is 244 Å². The van der Waals surface area contributed by atoms with Crippen LogP contribution in [0, 0.1) is 0 Å². The maximum absolute atomic E-state index is 13.4. The average Bonchev–Trinajstić information content (AvgIpc) is 3.36. The van der Waals surface area contributed by atoms with Crippen LogP contribution in [0.4, 0.5) is 0 Å². The van der Waals surface area contributed by atoms with E-state index in [0.717, 1.165) is 64.2 Å². The van der Waals surface area contributed by atoms with Crippen LogP contribution in [-0.2, 0) is 23.8 Å². The summed E-state index contributed by atoms with van der Waals surface area (Å²) in [5, 5.41) is 56.8. The number of allylic oxidation sites excluding steroid dienone is 3. The second kappa shape index (κ2) is 48.1. The minimum Gasteiger partial charge on any atom is -0.454 e. The summed E-state index contributed by atoms with van der Waals surface area (Å²) in [6, 6.07) is -1.02. The van der Waals surface area contributed by atoms with Crippen molar-refractivity contribution in [2.45, 2.75) is 327 Å². The van der Waals surface area contributed by atoms with Gasteiger partial charge in [-0.15, -0.1) is 0 Å². The molecule has 0 aromatic carbocycles. The number of aliphatic hydroxyl groups is 5. The minimum atomic E-state index is -1.61. The molecular formula is C59H111NO10. The summed E-state index contributed by atoms with van der Waals surface area (Å²) < 4.78 is 17.6. The molecule has 0 bridgehead atoms. The Labute approximate surface area is 429 Å². The van der Waals surface area contributed by atoms with Gasteiger partial charge in [-0.25, -0.2) is 0 Å². The monoisotopic (exact) mass is 994 g/mol. The summed E-state index contributed by atoms with van der Waals surface area (Å²) in [5.41, 5.74) is 0. The van der Waals surface area contributed by atoms with Gasteiger partial charge in [0.25, 0.3) is 0 Å². The van der Waals surface area contributed by atoms with E-state index in [1.165, 1.54) is 167 Å². The lowest BCUT2D eigenvalue weighted by Gasteiger charge is -2.41. The van der Waals surface area contributed by atoms with Crippen molar-refractivity contribution < 1.29 is 49.3 Å². The fourth-order valence-corrected chi connectivity index (χ4v) is 9.35. The van der Waals surface area contributed by atoms with Crippen LogP contribution in [0.5, 0.6) is 0 Å². The van der Waals surface area contributed by atoms with Gasteiger partial charge < -0.3 is 45.1 Å². The molecule has 1 saturated heterocycles. The molecule has 1 heterocycles. The molecule has 1 amide bonds. The summed E-state index contributed by atoms with van der Waals surface area (Å²) in [7, 11) is 0. The van der Waals surface area contributed by atoms with Gasteiger partial charge in [0.15, 0.2) is 12.4 Å². The lowest BCUT2D eigenvalue weighted by atomic mass is 9.99. The van der Waals surface area contributed by atoms with Gasteiger partial charge in [0, 0.05) is 6.42 Å². The Kier molecular flexibility index (Phi) is 45.5. The van der Waals surface area contributed by atoms with Crippen LogP contribution in [0.1, 0.15) is 278 Å². The molecule has 70 heavy (non-hydrogen) atoms. The van der Waals surface area contributed by atoms with E-state index in [4.69, 9.17) is 14.2 Å². The van der Waals surface area contributed by atoms with Crippen LogP contribution >= 0.6 is 0 Å². The molecule has 412 valence electrons. The van der Waals surface area contributed by atoms with E-state index in [9.17, 15) is 35.1 Å². The first-order valence-electron chi connectivity index (χ1n) is 29.6. The minimum absolute atomic E-state index is 0.107. The highest BCUT2D eigenvalue weighted by Gasteiger charge is 2.47. The van der Waals surface area contributed by atoms with Gasteiger partial charge in [0.1, 0.15) is 24.4 Å². The van der Waals surface area contributed by atoms with Crippen molar-refractivity contribution in [3.05, 3.63) is 24.3 Å². The molecule has 1 aliphatic heterocycles. The number of hydrogen-bond acceptors (Lipinski definition) is 10. The predicted molar refractivity (Wildman–Crippen MR) is 288 cm³/mol. The van der Waals surface area contributed by atoms with E-state index < -0.39 is 67.4 Å². The van der Waals surface area contributed by atoms with Gasteiger partial charge in [0.05, 0.1) is 25.4 Å². The van der Waals surface area contributed by atoms with Crippen LogP contribution in [0.2, 0.25) is 0 Å². The van der Waals surface area contributed by atoms with E-state index in [-0.39, 0.29) is 13.0 Å². The van der Waals surface area contributed by atoms with Crippen molar-refractivity contribution in [3.63, 3.8) is 0 Å². The number of nitrogens with one attached hydrogen (secondary N) is 1. The molecule has 0 aromatic heterocycles. The Morgan fingerprint density at radius 1 is 0.543 bits per heavy atom. The Balaban J connectivity index is 2.70. The highest BCUT2D eigenvalue weighted by atomic mass is 16.7. The zero-order chi connectivity index (χ0) is 51.1. The number of unbranched alkanes of at least 4 members (excludes halogenated alkanes) is 34. The fourth-order valence-electron chi connectivity index (χ4n) is 9.35. The molecule has 1 aliphatic rings. The van der Waals surface area contributed by atoms with E-state index in [1.54, 1.807) is 6.08 Å². The normalized spacial score (nSPS) is 19.8. The summed E-state index contributed by atoms with van der Waals surface area (Å²) in [6.45, 7) is 5.78. The maximum atomic E-state index is 13.4. The molecule has 0 saturated carbocycles. The van der Waals surface area contributed by atoms with E-state index >= 15 is 0 Å². The molecule has 0 spiro atoms. The van der Waals surface area contributed by atoms with Gasteiger partial charge in [-0.2, -0.15) is 0 Å². The fraction of sp³-hybridized carbons (Fsp3) is 0.898. The first-order valence-corrected chi connectivity index (χ1v) is 29.6. The zero-order valence-corrected chi connectivity index (χ0v) is 45.4. The standard InChI is InChI=1S/C59H111NO10/c1-4-7-10-13-16-19-22-24-26-27-28-31-34-37-40-43-46-52(63)58(67)60-50(51(62)45-42-39-36-33-30-21-18-15-12-9-6-3)49-68-59-57(56(66)55(65)53(48-61)69-59)70-54(64)47-44-41-38-35-32-29-25-23-20-17-14-11-8-5-2/h29,32,42,45,50-53,55-57,59,61-63,65-66H,4-28,30-31,33-41,43-44,46-49H2,1-3H3,(H,60,67)/b32-29-,45-42+. The van der Waals surface area contributed by atoms with Crippen LogP contribution in [0.3, 0.4) is 0 Å². The Morgan fingerprint density at radius 2 is 0.943 bits per heavy atom. The summed E-state index contributed by atoms with van der Waals surface area (Å²) >= 11 is 0. The number of rotatable bonds is 50. The summed E-state index contributed by atoms with van der Waals surface area (Å²) in [4.78, 5) is 26.4. The number of esters is 1. The van der Waals surface area contributed by atoms with E-state index in [0.29, 0.717) is 19.3 Å². The van der Waals surface area contributed by atoms with Gasteiger partial charge in [-0.05, 0) is 51.4 Å².